The van der Waals surface area contributed by atoms with E-state index in [1.165, 1.54) is 10.6 Å². The zero-order valence-corrected chi connectivity index (χ0v) is 10.4. The van der Waals surface area contributed by atoms with Crippen LogP contribution in [-0.2, 0) is 20.4 Å². The van der Waals surface area contributed by atoms with Crippen LogP contribution in [0.4, 0.5) is 4.39 Å². The van der Waals surface area contributed by atoms with Crippen molar-refractivity contribution in [3.63, 3.8) is 0 Å². The number of hydrogen-bond donors (Lipinski definition) is 1. The van der Waals surface area contributed by atoms with E-state index in [0.717, 1.165) is 18.3 Å². The highest BCUT2D eigenvalue weighted by atomic mass is 35.7. The van der Waals surface area contributed by atoms with Crippen LogP contribution >= 0.6 is 10.7 Å². The molecule has 5 nitrogen and oxygen atoms in total. The highest BCUT2D eigenvalue weighted by Crippen LogP contribution is 2.28. The van der Waals surface area contributed by atoms with E-state index < -0.39 is 27.4 Å². The second kappa shape index (κ2) is 4.25. The largest absolute Gasteiger partial charge is 0.480 e. The molecule has 0 spiro atoms. The maximum Gasteiger partial charge on any atom is 0.323 e. The van der Waals surface area contributed by atoms with Gasteiger partial charge in [-0.05, 0) is 18.2 Å². The summed E-state index contributed by atoms with van der Waals surface area (Å²) in [5.74, 6) is -1.77. The fraction of sp³-hybridized carbons (Fsp3) is 0.100. The van der Waals surface area contributed by atoms with Crippen LogP contribution in [0.25, 0.3) is 10.9 Å². The number of halogens is 2. The number of carboxylic acids is 1. The number of aromatic nitrogens is 1. The van der Waals surface area contributed by atoms with Gasteiger partial charge in [0.25, 0.3) is 9.05 Å². The third-order valence-corrected chi connectivity index (χ3v) is 3.72. The molecule has 1 aromatic heterocycles. The van der Waals surface area contributed by atoms with E-state index in [4.69, 9.17) is 15.8 Å². The van der Waals surface area contributed by atoms with E-state index >= 15 is 0 Å². The fourth-order valence-electron chi connectivity index (χ4n) is 1.71. The summed E-state index contributed by atoms with van der Waals surface area (Å²) < 4.78 is 37.0. The smallest absolute Gasteiger partial charge is 0.323 e. The Labute approximate surface area is 106 Å². The van der Waals surface area contributed by atoms with Gasteiger partial charge in [-0.2, -0.15) is 0 Å². The molecular weight excluding hydrogens is 285 g/mol. The van der Waals surface area contributed by atoms with Crippen molar-refractivity contribution in [3.8, 4) is 0 Å². The lowest BCUT2D eigenvalue weighted by molar-refractivity contribution is -0.137. The van der Waals surface area contributed by atoms with Crippen LogP contribution in [0.3, 0.4) is 0 Å². The van der Waals surface area contributed by atoms with Gasteiger partial charge < -0.3 is 9.67 Å². The molecule has 0 radical (unpaired) electrons. The van der Waals surface area contributed by atoms with Crippen LogP contribution in [0.5, 0.6) is 0 Å². The molecule has 0 saturated heterocycles. The number of carboxylic acid groups (broad SMARTS) is 1. The van der Waals surface area contributed by atoms with E-state index in [0.29, 0.717) is 0 Å². The van der Waals surface area contributed by atoms with Gasteiger partial charge in [0, 0.05) is 22.3 Å². The number of hydrogen-bond acceptors (Lipinski definition) is 3. The van der Waals surface area contributed by atoms with Crippen molar-refractivity contribution in [2.45, 2.75) is 11.4 Å². The average molecular weight is 292 g/mol. The molecule has 1 N–H and O–H groups in total. The Hall–Kier alpha value is -1.60. The summed E-state index contributed by atoms with van der Waals surface area (Å²) in [6.45, 7) is -0.436. The summed E-state index contributed by atoms with van der Waals surface area (Å²) in [6.07, 6.45) is 1.08. The fourth-order valence-corrected chi connectivity index (χ4v) is 2.76. The number of benzene rings is 1. The number of rotatable bonds is 3. The molecule has 0 unspecified atom stereocenters. The van der Waals surface area contributed by atoms with Crippen molar-refractivity contribution in [2.24, 2.45) is 0 Å². The normalized spacial score (nSPS) is 11.9. The van der Waals surface area contributed by atoms with Crippen molar-refractivity contribution in [2.75, 3.05) is 0 Å². The molecule has 8 heteroatoms. The highest BCUT2D eigenvalue weighted by molar-refractivity contribution is 8.14. The first-order chi connectivity index (χ1) is 8.29. The summed E-state index contributed by atoms with van der Waals surface area (Å²) in [6, 6.07) is 3.42. The van der Waals surface area contributed by atoms with Crippen molar-refractivity contribution < 1.29 is 22.7 Å². The van der Waals surface area contributed by atoms with Crippen molar-refractivity contribution in [1.82, 2.24) is 4.57 Å². The Balaban J connectivity index is 2.79. The number of fused-ring (bicyclic) bond motifs is 1. The monoisotopic (exact) mass is 291 g/mol. The highest BCUT2D eigenvalue weighted by Gasteiger charge is 2.20. The molecule has 0 aliphatic heterocycles. The average Bonchev–Trinajstić information content (AvgIpc) is 2.55. The van der Waals surface area contributed by atoms with Gasteiger partial charge in [-0.1, -0.05) is 0 Å². The standard InChI is InChI=1S/C10H7ClFNO4S/c11-18(16,17)9-4-13(5-10(14)15)8-2-1-6(12)3-7(8)9/h1-4H,5H2,(H,14,15). The minimum absolute atomic E-state index is 0.0613. The molecule has 0 bridgehead atoms. The van der Waals surface area contributed by atoms with Crippen LogP contribution in [0.15, 0.2) is 29.3 Å². The SMILES string of the molecule is O=C(O)Cn1cc(S(=O)(=O)Cl)c2cc(F)ccc21. The zero-order chi connectivity index (χ0) is 13.5. The lowest BCUT2D eigenvalue weighted by Crippen LogP contribution is -2.07. The molecule has 96 valence electrons. The minimum Gasteiger partial charge on any atom is -0.480 e. The molecule has 0 aliphatic rings. The third kappa shape index (κ3) is 2.32. The molecule has 0 atom stereocenters. The lowest BCUT2D eigenvalue weighted by Gasteiger charge is -2.00. The van der Waals surface area contributed by atoms with Gasteiger partial charge in [-0.3, -0.25) is 4.79 Å². The Morgan fingerprint density at radius 3 is 2.67 bits per heavy atom. The summed E-state index contributed by atoms with van der Waals surface area (Å²) in [7, 11) is 1.16. The van der Waals surface area contributed by atoms with E-state index in [1.54, 1.807) is 0 Å². The van der Waals surface area contributed by atoms with Gasteiger partial charge in [0.05, 0.1) is 5.52 Å². The molecule has 18 heavy (non-hydrogen) atoms. The third-order valence-electron chi connectivity index (χ3n) is 2.37. The molecule has 1 aromatic carbocycles. The summed E-state index contributed by atoms with van der Waals surface area (Å²) in [5.41, 5.74) is 0.290. The second-order valence-corrected chi connectivity index (χ2v) is 6.15. The molecule has 0 amide bonds. The van der Waals surface area contributed by atoms with Crippen LogP contribution in [-0.4, -0.2) is 24.1 Å². The minimum atomic E-state index is -4.07. The van der Waals surface area contributed by atoms with Crippen LogP contribution in [0, 0.1) is 5.82 Å². The van der Waals surface area contributed by atoms with Gasteiger partial charge in [0.2, 0.25) is 0 Å². The number of nitrogens with zero attached hydrogens (tertiary/aromatic N) is 1. The summed E-state index contributed by atoms with van der Waals surface area (Å²) in [5, 5.41) is 8.78. The van der Waals surface area contributed by atoms with E-state index in [1.807, 2.05) is 0 Å². The Bertz CT molecular complexity index is 738. The maximum absolute atomic E-state index is 13.1. The van der Waals surface area contributed by atoms with Crippen LogP contribution < -0.4 is 0 Å². The number of aliphatic carboxylic acids is 1. The lowest BCUT2D eigenvalue weighted by atomic mass is 10.2. The molecular formula is C10H7ClFNO4S. The van der Waals surface area contributed by atoms with Crippen LogP contribution in [0.2, 0.25) is 0 Å². The van der Waals surface area contributed by atoms with Crippen molar-refractivity contribution in [3.05, 3.63) is 30.2 Å². The molecule has 2 rings (SSSR count). The molecule has 0 saturated carbocycles. The predicted octanol–water partition coefficient (Wildman–Crippen LogP) is 1.79. The summed E-state index contributed by atoms with van der Waals surface area (Å²) in [4.78, 5) is 10.4. The summed E-state index contributed by atoms with van der Waals surface area (Å²) >= 11 is 0. The van der Waals surface area contributed by atoms with E-state index in [2.05, 4.69) is 0 Å². The molecule has 0 fully saturated rings. The first-order valence-electron chi connectivity index (χ1n) is 4.74. The topological polar surface area (TPSA) is 76.4 Å². The predicted molar refractivity (Wildman–Crippen MR) is 62.6 cm³/mol. The Morgan fingerprint density at radius 2 is 2.11 bits per heavy atom. The first-order valence-corrected chi connectivity index (χ1v) is 7.05. The first kappa shape index (κ1) is 12.8. The van der Waals surface area contributed by atoms with Gasteiger partial charge in [0.1, 0.15) is 17.3 Å². The molecule has 1 heterocycles. The van der Waals surface area contributed by atoms with Gasteiger partial charge in [-0.25, -0.2) is 12.8 Å². The molecule has 0 aliphatic carbocycles. The Morgan fingerprint density at radius 1 is 1.44 bits per heavy atom. The second-order valence-electron chi connectivity index (χ2n) is 3.61. The van der Waals surface area contributed by atoms with Gasteiger partial charge in [-0.15, -0.1) is 0 Å². The van der Waals surface area contributed by atoms with E-state index in [-0.39, 0.29) is 15.8 Å². The Kier molecular flexibility index (Phi) is 3.04. The maximum atomic E-state index is 13.1. The van der Waals surface area contributed by atoms with Gasteiger partial charge in [0.15, 0.2) is 0 Å². The van der Waals surface area contributed by atoms with Crippen molar-refractivity contribution in [1.29, 1.82) is 0 Å². The van der Waals surface area contributed by atoms with Gasteiger partial charge >= 0.3 is 5.97 Å². The zero-order valence-electron chi connectivity index (χ0n) is 8.80. The quantitative estimate of drug-likeness (QED) is 0.875. The number of carbonyl (C=O) groups is 1. The van der Waals surface area contributed by atoms with Crippen molar-refractivity contribution >= 4 is 36.6 Å². The van der Waals surface area contributed by atoms with Crippen LogP contribution in [0.1, 0.15) is 0 Å². The van der Waals surface area contributed by atoms with E-state index in [9.17, 15) is 17.6 Å². The molecule has 2 aromatic rings.